The van der Waals surface area contributed by atoms with Gasteiger partial charge in [0.1, 0.15) is 10.8 Å². The Labute approximate surface area is 164 Å². The van der Waals surface area contributed by atoms with Gasteiger partial charge in [0.05, 0.1) is 12.1 Å². The van der Waals surface area contributed by atoms with Crippen molar-refractivity contribution in [2.24, 2.45) is 0 Å². The summed E-state index contributed by atoms with van der Waals surface area (Å²) in [5, 5.41) is 6.63. The molecule has 0 N–H and O–H groups in total. The standard InChI is InChI=1S/C19H17FN2O3S2/c1-2-22(16-5-3-14(20)4-6-16)17(23)10-25-18(24)9-15-12-27-19(21-15)13-7-8-26-11-13/h3-8,11-12H,2,9-10H2,1H3. The minimum Gasteiger partial charge on any atom is -0.455 e. The Morgan fingerprint density at radius 1 is 1.19 bits per heavy atom. The summed E-state index contributed by atoms with van der Waals surface area (Å²) in [5.74, 6) is -1.26. The SMILES string of the molecule is CCN(C(=O)COC(=O)Cc1csc(-c2ccsc2)n1)c1ccc(F)cc1. The van der Waals surface area contributed by atoms with Gasteiger partial charge in [0.25, 0.3) is 5.91 Å². The number of hydrogen-bond acceptors (Lipinski definition) is 6. The maximum Gasteiger partial charge on any atom is 0.312 e. The Kier molecular flexibility index (Phi) is 6.31. The van der Waals surface area contributed by atoms with Crippen LogP contribution in [-0.4, -0.2) is 30.0 Å². The second-order valence-electron chi connectivity index (χ2n) is 5.61. The van der Waals surface area contributed by atoms with Gasteiger partial charge in [-0.1, -0.05) is 0 Å². The molecule has 1 amide bonds. The highest BCUT2D eigenvalue weighted by Crippen LogP contribution is 2.25. The van der Waals surface area contributed by atoms with Crippen molar-refractivity contribution in [1.82, 2.24) is 4.98 Å². The zero-order valence-corrected chi connectivity index (χ0v) is 16.2. The fraction of sp³-hybridized carbons (Fsp3) is 0.211. The first-order valence-corrected chi connectivity index (χ1v) is 10.1. The van der Waals surface area contributed by atoms with Gasteiger partial charge >= 0.3 is 5.97 Å². The first-order chi connectivity index (χ1) is 13.1. The molecule has 0 aliphatic heterocycles. The summed E-state index contributed by atoms with van der Waals surface area (Å²) in [6, 6.07) is 7.56. The largest absolute Gasteiger partial charge is 0.455 e. The molecule has 0 unspecified atom stereocenters. The second-order valence-corrected chi connectivity index (χ2v) is 7.25. The average molecular weight is 404 g/mol. The van der Waals surface area contributed by atoms with E-state index in [1.54, 1.807) is 18.3 Å². The van der Waals surface area contributed by atoms with Crippen molar-refractivity contribution in [3.8, 4) is 10.6 Å². The van der Waals surface area contributed by atoms with E-state index < -0.39 is 5.97 Å². The van der Waals surface area contributed by atoms with E-state index in [2.05, 4.69) is 4.98 Å². The molecule has 140 valence electrons. The van der Waals surface area contributed by atoms with Crippen LogP contribution in [0.4, 0.5) is 10.1 Å². The molecule has 0 aliphatic carbocycles. The molecule has 27 heavy (non-hydrogen) atoms. The Balaban J connectivity index is 1.53. The van der Waals surface area contributed by atoms with E-state index in [1.165, 1.54) is 40.5 Å². The molecule has 1 aromatic carbocycles. The highest BCUT2D eigenvalue weighted by Gasteiger charge is 2.17. The molecule has 0 atom stereocenters. The number of esters is 1. The third-order valence-corrected chi connectivity index (χ3v) is 5.38. The van der Waals surface area contributed by atoms with Crippen LogP contribution in [-0.2, 0) is 20.7 Å². The molecule has 3 rings (SSSR count). The lowest BCUT2D eigenvalue weighted by Gasteiger charge is -2.20. The van der Waals surface area contributed by atoms with Gasteiger partial charge in [-0.3, -0.25) is 9.59 Å². The highest BCUT2D eigenvalue weighted by atomic mass is 32.1. The summed E-state index contributed by atoms with van der Waals surface area (Å²) < 4.78 is 18.1. The molecule has 3 aromatic rings. The van der Waals surface area contributed by atoms with Gasteiger partial charge in [0.15, 0.2) is 6.61 Å². The molecule has 0 radical (unpaired) electrons. The predicted octanol–water partition coefficient (Wildman–Crippen LogP) is 4.15. The first-order valence-electron chi connectivity index (χ1n) is 8.25. The summed E-state index contributed by atoms with van der Waals surface area (Å²) >= 11 is 3.05. The second kappa shape index (κ2) is 8.88. The third kappa shape index (κ3) is 4.99. The number of aromatic nitrogens is 1. The highest BCUT2D eigenvalue weighted by molar-refractivity contribution is 7.14. The Hall–Kier alpha value is -2.58. The van der Waals surface area contributed by atoms with E-state index in [-0.39, 0.29) is 24.8 Å². The van der Waals surface area contributed by atoms with Gasteiger partial charge in [-0.05, 0) is 42.6 Å². The molecular weight excluding hydrogens is 387 g/mol. The number of ether oxygens (including phenoxy) is 1. The Bertz CT molecular complexity index is 907. The van der Waals surface area contributed by atoms with Crippen molar-refractivity contribution in [2.45, 2.75) is 13.3 Å². The van der Waals surface area contributed by atoms with Gasteiger partial charge < -0.3 is 9.64 Å². The quantitative estimate of drug-likeness (QED) is 0.555. The number of halogens is 1. The summed E-state index contributed by atoms with van der Waals surface area (Å²) in [6.45, 7) is 1.81. The Morgan fingerprint density at radius 3 is 2.63 bits per heavy atom. The van der Waals surface area contributed by atoms with Crippen LogP contribution in [0.15, 0.2) is 46.5 Å². The van der Waals surface area contributed by atoms with Crippen molar-refractivity contribution in [3.63, 3.8) is 0 Å². The zero-order valence-electron chi connectivity index (χ0n) is 14.6. The number of likely N-dealkylation sites (N-methyl/N-ethyl adjacent to an activating group) is 1. The molecule has 2 aromatic heterocycles. The van der Waals surface area contributed by atoms with Crippen LogP contribution in [0.5, 0.6) is 0 Å². The van der Waals surface area contributed by atoms with Crippen LogP contribution < -0.4 is 4.90 Å². The van der Waals surface area contributed by atoms with E-state index in [9.17, 15) is 14.0 Å². The Morgan fingerprint density at radius 2 is 1.96 bits per heavy atom. The molecule has 0 fully saturated rings. The van der Waals surface area contributed by atoms with Crippen molar-refractivity contribution >= 4 is 40.2 Å². The van der Waals surface area contributed by atoms with Gasteiger partial charge in [-0.2, -0.15) is 11.3 Å². The van der Waals surface area contributed by atoms with Crippen molar-refractivity contribution in [2.75, 3.05) is 18.1 Å². The lowest BCUT2D eigenvalue weighted by Crippen LogP contribution is -2.34. The lowest BCUT2D eigenvalue weighted by atomic mass is 10.2. The molecule has 5 nitrogen and oxygen atoms in total. The van der Waals surface area contributed by atoms with Crippen LogP contribution in [0, 0.1) is 5.82 Å². The average Bonchev–Trinajstić information content (AvgIpc) is 3.34. The minimum absolute atomic E-state index is 0.0105. The lowest BCUT2D eigenvalue weighted by molar-refractivity contribution is -0.147. The van der Waals surface area contributed by atoms with Crippen molar-refractivity contribution in [3.05, 3.63) is 58.0 Å². The van der Waals surface area contributed by atoms with Crippen molar-refractivity contribution < 1.29 is 18.7 Å². The number of benzene rings is 1. The number of amides is 1. The van der Waals surface area contributed by atoms with Gasteiger partial charge in [-0.25, -0.2) is 9.37 Å². The van der Waals surface area contributed by atoms with Crippen LogP contribution in [0.2, 0.25) is 0 Å². The number of nitrogens with zero attached hydrogens (tertiary/aromatic N) is 2. The molecule has 2 heterocycles. The predicted molar refractivity (Wildman–Crippen MR) is 105 cm³/mol. The number of hydrogen-bond donors (Lipinski definition) is 0. The topological polar surface area (TPSA) is 59.5 Å². The normalized spacial score (nSPS) is 10.6. The zero-order chi connectivity index (χ0) is 19.2. The summed E-state index contributed by atoms with van der Waals surface area (Å²) in [5.41, 5.74) is 2.20. The first kappa shape index (κ1) is 19.2. The van der Waals surface area contributed by atoms with Gasteiger partial charge in [0, 0.05) is 28.6 Å². The molecule has 8 heteroatoms. The van der Waals surface area contributed by atoms with Crippen LogP contribution >= 0.6 is 22.7 Å². The van der Waals surface area contributed by atoms with Crippen LogP contribution in [0.3, 0.4) is 0 Å². The van der Waals surface area contributed by atoms with E-state index in [4.69, 9.17) is 4.74 Å². The number of carbonyl (C=O) groups excluding carboxylic acids is 2. The van der Waals surface area contributed by atoms with Crippen LogP contribution in [0.1, 0.15) is 12.6 Å². The molecule has 0 bridgehead atoms. The molecule has 0 spiro atoms. The smallest absolute Gasteiger partial charge is 0.312 e. The molecular formula is C19H17FN2O3S2. The fourth-order valence-corrected chi connectivity index (χ4v) is 3.98. The molecule has 0 aliphatic rings. The number of thiophene rings is 1. The van der Waals surface area contributed by atoms with Crippen molar-refractivity contribution in [1.29, 1.82) is 0 Å². The fourth-order valence-electron chi connectivity index (χ4n) is 2.45. The van der Waals surface area contributed by atoms with Gasteiger partial charge in [-0.15, -0.1) is 11.3 Å². The van der Waals surface area contributed by atoms with E-state index >= 15 is 0 Å². The van der Waals surface area contributed by atoms with E-state index in [0.717, 1.165) is 10.6 Å². The molecule has 0 saturated heterocycles. The summed E-state index contributed by atoms with van der Waals surface area (Å²) in [7, 11) is 0. The monoisotopic (exact) mass is 404 g/mol. The van der Waals surface area contributed by atoms with Crippen LogP contribution in [0.25, 0.3) is 10.6 Å². The van der Waals surface area contributed by atoms with E-state index in [1.807, 2.05) is 22.2 Å². The number of rotatable bonds is 7. The number of anilines is 1. The number of thiazole rings is 1. The number of carbonyl (C=O) groups is 2. The van der Waals surface area contributed by atoms with Gasteiger partial charge in [0.2, 0.25) is 0 Å². The third-order valence-electron chi connectivity index (χ3n) is 3.76. The summed E-state index contributed by atoms with van der Waals surface area (Å²) in [4.78, 5) is 30.2. The maximum absolute atomic E-state index is 13.0. The minimum atomic E-state index is -0.513. The molecule has 0 saturated carbocycles. The summed E-state index contributed by atoms with van der Waals surface area (Å²) in [6.07, 6.45) is 0.0105. The van der Waals surface area contributed by atoms with E-state index in [0.29, 0.717) is 17.9 Å². The maximum atomic E-state index is 13.0.